The molecule has 0 saturated heterocycles. The third-order valence-electron chi connectivity index (χ3n) is 2.64. The average Bonchev–Trinajstić information content (AvgIpc) is 2.33. The minimum absolute atomic E-state index is 0.0263. The third-order valence-corrected chi connectivity index (χ3v) is 4.48. The second-order valence-corrected chi connectivity index (χ2v) is 6.33. The highest BCUT2D eigenvalue weighted by molar-refractivity contribution is 7.92. The Labute approximate surface area is 121 Å². The van der Waals surface area contributed by atoms with Crippen molar-refractivity contribution in [3.63, 3.8) is 0 Å². The standard InChI is InChI=1S/C13H12ClFN2O2S/c1-8-2-5-13(10(14)6-8)20(18,19)17-12-7-9(15)3-4-11(12)16/h2-7,17H,16H2,1H3. The fourth-order valence-electron chi connectivity index (χ4n) is 1.64. The van der Waals surface area contributed by atoms with Gasteiger partial charge in [-0.3, -0.25) is 4.72 Å². The predicted molar refractivity (Wildman–Crippen MR) is 77.8 cm³/mol. The van der Waals surface area contributed by atoms with Crippen LogP contribution in [-0.4, -0.2) is 8.42 Å². The first kappa shape index (κ1) is 14.6. The Morgan fingerprint density at radius 2 is 1.90 bits per heavy atom. The minimum Gasteiger partial charge on any atom is -0.397 e. The first-order chi connectivity index (χ1) is 9.29. The van der Waals surface area contributed by atoms with Crippen LogP contribution >= 0.6 is 11.6 Å². The monoisotopic (exact) mass is 314 g/mol. The number of benzene rings is 2. The highest BCUT2D eigenvalue weighted by atomic mass is 35.5. The van der Waals surface area contributed by atoms with Gasteiger partial charge in [0.25, 0.3) is 10.0 Å². The molecule has 4 nitrogen and oxygen atoms in total. The Morgan fingerprint density at radius 1 is 1.20 bits per heavy atom. The number of anilines is 2. The molecule has 0 amide bonds. The predicted octanol–water partition coefficient (Wildman–Crippen LogP) is 3.17. The lowest BCUT2D eigenvalue weighted by atomic mass is 10.2. The Morgan fingerprint density at radius 3 is 2.55 bits per heavy atom. The largest absolute Gasteiger partial charge is 0.397 e. The number of nitrogen functional groups attached to an aromatic ring is 1. The number of hydrogen-bond donors (Lipinski definition) is 2. The molecule has 0 fully saturated rings. The van der Waals surface area contributed by atoms with E-state index in [1.54, 1.807) is 13.0 Å². The van der Waals surface area contributed by atoms with Crippen LogP contribution in [0.1, 0.15) is 5.56 Å². The fourth-order valence-corrected chi connectivity index (χ4v) is 3.32. The second-order valence-electron chi connectivity index (χ2n) is 4.27. The van der Waals surface area contributed by atoms with Crippen LogP contribution in [0.3, 0.4) is 0 Å². The molecule has 0 aliphatic rings. The van der Waals surface area contributed by atoms with Crippen molar-refractivity contribution in [1.29, 1.82) is 0 Å². The third kappa shape index (κ3) is 3.02. The molecule has 0 unspecified atom stereocenters. The van der Waals surface area contributed by atoms with Gasteiger partial charge in [0, 0.05) is 6.07 Å². The molecule has 0 atom stereocenters. The highest BCUT2D eigenvalue weighted by Gasteiger charge is 2.19. The van der Waals surface area contributed by atoms with Crippen molar-refractivity contribution in [2.75, 3.05) is 10.5 Å². The van der Waals surface area contributed by atoms with Gasteiger partial charge >= 0.3 is 0 Å². The molecule has 0 heterocycles. The fraction of sp³-hybridized carbons (Fsp3) is 0.0769. The molecule has 0 aromatic heterocycles. The van der Waals surface area contributed by atoms with Gasteiger partial charge in [0.05, 0.1) is 16.4 Å². The Bertz CT molecular complexity index is 763. The summed E-state index contributed by atoms with van der Waals surface area (Å²) in [4.78, 5) is -0.0894. The zero-order chi connectivity index (χ0) is 14.9. The first-order valence-corrected chi connectivity index (χ1v) is 7.50. The normalized spacial score (nSPS) is 11.3. The van der Waals surface area contributed by atoms with Crippen LogP contribution in [-0.2, 0) is 10.0 Å². The summed E-state index contributed by atoms with van der Waals surface area (Å²) < 4.78 is 39.8. The van der Waals surface area contributed by atoms with Gasteiger partial charge in [-0.15, -0.1) is 0 Å². The van der Waals surface area contributed by atoms with E-state index in [1.165, 1.54) is 18.2 Å². The van der Waals surface area contributed by atoms with Crippen LogP contribution < -0.4 is 10.5 Å². The van der Waals surface area contributed by atoms with Gasteiger partial charge in [-0.05, 0) is 36.8 Å². The van der Waals surface area contributed by atoms with E-state index < -0.39 is 15.8 Å². The SMILES string of the molecule is Cc1ccc(S(=O)(=O)Nc2cc(F)ccc2N)c(Cl)c1. The number of nitrogens with one attached hydrogen (secondary N) is 1. The first-order valence-electron chi connectivity index (χ1n) is 5.63. The lowest BCUT2D eigenvalue weighted by Crippen LogP contribution is -2.14. The van der Waals surface area contributed by atoms with Crippen LogP contribution in [0.5, 0.6) is 0 Å². The number of hydrogen-bond acceptors (Lipinski definition) is 3. The van der Waals surface area contributed by atoms with Gasteiger partial charge < -0.3 is 5.73 Å². The van der Waals surface area contributed by atoms with E-state index in [0.29, 0.717) is 0 Å². The lowest BCUT2D eigenvalue weighted by Gasteiger charge is -2.11. The Balaban J connectivity index is 2.43. The zero-order valence-corrected chi connectivity index (χ0v) is 12.1. The smallest absolute Gasteiger partial charge is 0.263 e. The summed E-state index contributed by atoms with van der Waals surface area (Å²) in [5, 5.41) is 0.0903. The maximum atomic E-state index is 13.1. The summed E-state index contributed by atoms with van der Waals surface area (Å²) in [7, 11) is -3.93. The Hall–Kier alpha value is -1.79. The van der Waals surface area contributed by atoms with Crippen LogP contribution in [0.4, 0.5) is 15.8 Å². The quantitative estimate of drug-likeness (QED) is 0.855. The summed E-state index contributed by atoms with van der Waals surface area (Å²) in [5.74, 6) is -0.591. The molecule has 7 heteroatoms. The van der Waals surface area contributed by atoms with E-state index in [0.717, 1.165) is 17.7 Å². The molecule has 3 N–H and O–H groups in total. The summed E-state index contributed by atoms with van der Waals surface area (Å²) in [6, 6.07) is 7.97. The van der Waals surface area contributed by atoms with Crippen molar-refractivity contribution >= 4 is 33.0 Å². The molecular formula is C13H12ClFN2O2S. The molecule has 0 spiro atoms. The number of nitrogens with two attached hydrogens (primary N) is 1. The summed E-state index contributed by atoms with van der Waals surface area (Å²) in [6.07, 6.45) is 0. The van der Waals surface area contributed by atoms with E-state index in [9.17, 15) is 12.8 Å². The molecule has 0 aliphatic carbocycles. The molecule has 20 heavy (non-hydrogen) atoms. The molecule has 0 aliphatic heterocycles. The molecule has 2 aromatic carbocycles. The van der Waals surface area contributed by atoms with E-state index in [1.807, 2.05) is 0 Å². The number of halogens is 2. The molecule has 2 rings (SSSR count). The Kier molecular flexibility index (Phi) is 3.87. The van der Waals surface area contributed by atoms with Crippen molar-refractivity contribution in [1.82, 2.24) is 0 Å². The maximum Gasteiger partial charge on any atom is 0.263 e. The number of aryl methyl sites for hydroxylation is 1. The molecule has 0 bridgehead atoms. The topological polar surface area (TPSA) is 72.2 Å². The maximum absolute atomic E-state index is 13.1. The van der Waals surface area contributed by atoms with Gasteiger partial charge in [-0.2, -0.15) is 0 Å². The van der Waals surface area contributed by atoms with Gasteiger partial charge in [-0.25, -0.2) is 12.8 Å². The number of rotatable bonds is 3. The molecule has 0 saturated carbocycles. The van der Waals surface area contributed by atoms with Crippen LogP contribution in [0, 0.1) is 12.7 Å². The van der Waals surface area contributed by atoms with Crippen molar-refractivity contribution in [3.8, 4) is 0 Å². The average molecular weight is 315 g/mol. The molecule has 2 aromatic rings. The molecular weight excluding hydrogens is 303 g/mol. The zero-order valence-electron chi connectivity index (χ0n) is 10.5. The summed E-state index contributed by atoms with van der Waals surface area (Å²) >= 11 is 5.93. The van der Waals surface area contributed by atoms with Gasteiger partial charge in [0.2, 0.25) is 0 Å². The van der Waals surface area contributed by atoms with E-state index >= 15 is 0 Å². The van der Waals surface area contributed by atoms with Gasteiger partial charge in [0.15, 0.2) is 0 Å². The summed E-state index contributed by atoms with van der Waals surface area (Å²) in [6.45, 7) is 1.79. The van der Waals surface area contributed by atoms with E-state index in [-0.39, 0.29) is 21.3 Å². The lowest BCUT2D eigenvalue weighted by molar-refractivity contribution is 0.601. The molecule has 0 radical (unpaired) electrons. The van der Waals surface area contributed by atoms with E-state index in [2.05, 4.69) is 4.72 Å². The number of sulfonamides is 1. The summed E-state index contributed by atoms with van der Waals surface area (Å²) in [5.41, 5.74) is 6.54. The minimum atomic E-state index is -3.93. The van der Waals surface area contributed by atoms with Crippen molar-refractivity contribution in [2.24, 2.45) is 0 Å². The molecule has 106 valence electrons. The van der Waals surface area contributed by atoms with Gasteiger partial charge in [-0.1, -0.05) is 17.7 Å². The van der Waals surface area contributed by atoms with Crippen LogP contribution in [0.25, 0.3) is 0 Å². The van der Waals surface area contributed by atoms with Crippen molar-refractivity contribution in [3.05, 3.63) is 52.8 Å². The van der Waals surface area contributed by atoms with Crippen molar-refractivity contribution in [2.45, 2.75) is 11.8 Å². The highest BCUT2D eigenvalue weighted by Crippen LogP contribution is 2.27. The van der Waals surface area contributed by atoms with Crippen molar-refractivity contribution < 1.29 is 12.8 Å². The van der Waals surface area contributed by atoms with Gasteiger partial charge in [0.1, 0.15) is 10.7 Å². The van der Waals surface area contributed by atoms with Crippen LogP contribution in [0.2, 0.25) is 5.02 Å². The van der Waals surface area contributed by atoms with Crippen LogP contribution in [0.15, 0.2) is 41.3 Å². The second kappa shape index (κ2) is 5.30. The van der Waals surface area contributed by atoms with E-state index in [4.69, 9.17) is 17.3 Å².